The van der Waals surface area contributed by atoms with E-state index in [9.17, 15) is 14.0 Å². The van der Waals surface area contributed by atoms with Crippen LogP contribution in [-0.2, 0) is 10.3 Å². The molecule has 7 nitrogen and oxygen atoms in total. The molecule has 2 aromatic carbocycles. The molecule has 0 aliphatic carbocycles. The average molecular weight is 415 g/mol. The number of benzene rings is 2. The third kappa shape index (κ3) is 4.23. The summed E-state index contributed by atoms with van der Waals surface area (Å²) in [4.78, 5) is 28.8. The number of para-hydroxylation sites is 1. The van der Waals surface area contributed by atoms with Crippen LogP contribution in [0.5, 0.6) is 11.5 Å². The second-order valence-corrected chi connectivity index (χ2v) is 7.15. The Hall–Kier alpha value is -3.13. The molecule has 0 bridgehead atoms. The Balaban J connectivity index is 1.64. The number of ether oxygens (including phenoxy) is 2. The Labute approximate surface area is 175 Å². The minimum Gasteiger partial charge on any atom is -0.497 e. The molecule has 1 aliphatic heterocycles. The van der Waals surface area contributed by atoms with Crippen LogP contribution >= 0.6 is 0 Å². The molecule has 3 rings (SSSR count). The Morgan fingerprint density at radius 1 is 1.13 bits per heavy atom. The molecule has 160 valence electrons. The van der Waals surface area contributed by atoms with Crippen LogP contribution in [0.2, 0.25) is 0 Å². The van der Waals surface area contributed by atoms with Crippen LogP contribution in [0.3, 0.4) is 0 Å². The van der Waals surface area contributed by atoms with Crippen LogP contribution in [0, 0.1) is 5.82 Å². The highest BCUT2D eigenvalue weighted by atomic mass is 19.1. The summed E-state index contributed by atoms with van der Waals surface area (Å²) in [6, 6.07) is 12.8. The predicted octanol–water partition coefficient (Wildman–Crippen LogP) is 2.96. The van der Waals surface area contributed by atoms with Gasteiger partial charge in [-0.1, -0.05) is 31.2 Å². The first-order valence-corrected chi connectivity index (χ1v) is 9.75. The smallest absolute Gasteiger partial charge is 0.326 e. The number of likely N-dealkylation sites (N-methyl/N-ethyl adjacent to an activating group) is 1. The summed E-state index contributed by atoms with van der Waals surface area (Å²) in [5, 5.41) is 2.85. The molecule has 1 saturated heterocycles. The number of hydrogen-bond donors (Lipinski definition) is 1. The molecule has 0 saturated carbocycles. The fourth-order valence-corrected chi connectivity index (χ4v) is 3.45. The van der Waals surface area contributed by atoms with Gasteiger partial charge in [0.1, 0.15) is 17.9 Å². The van der Waals surface area contributed by atoms with E-state index in [1.807, 2.05) is 6.92 Å². The molecular weight excluding hydrogens is 389 g/mol. The van der Waals surface area contributed by atoms with Crippen molar-refractivity contribution >= 4 is 11.9 Å². The lowest BCUT2D eigenvalue weighted by molar-refractivity contribution is -0.133. The first-order chi connectivity index (χ1) is 14.4. The third-order valence-corrected chi connectivity index (χ3v) is 5.24. The fraction of sp³-hybridized carbons (Fsp3) is 0.364. The number of nitrogens with zero attached hydrogens (tertiary/aromatic N) is 2. The average Bonchev–Trinajstić information content (AvgIpc) is 3.00. The molecular formula is C22H26FN3O4. The van der Waals surface area contributed by atoms with Crippen molar-refractivity contribution in [3.05, 3.63) is 59.9 Å². The molecule has 1 aliphatic rings. The van der Waals surface area contributed by atoms with Crippen LogP contribution < -0.4 is 14.8 Å². The molecule has 1 heterocycles. The molecule has 1 unspecified atom stereocenters. The minimum absolute atomic E-state index is 0.100. The van der Waals surface area contributed by atoms with Crippen molar-refractivity contribution in [1.29, 1.82) is 0 Å². The molecule has 30 heavy (non-hydrogen) atoms. The summed E-state index contributed by atoms with van der Waals surface area (Å²) >= 11 is 0. The minimum atomic E-state index is -1.10. The molecule has 0 radical (unpaired) electrons. The van der Waals surface area contributed by atoms with Gasteiger partial charge in [-0.3, -0.25) is 9.69 Å². The van der Waals surface area contributed by atoms with E-state index in [0.717, 1.165) is 0 Å². The highest BCUT2D eigenvalue weighted by Crippen LogP contribution is 2.33. The normalized spacial score (nSPS) is 18.6. The third-order valence-electron chi connectivity index (χ3n) is 5.24. The summed E-state index contributed by atoms with van der Waals surface area (Å²) < 4.78 is 24.2. The van der Waals surface area contributed by atoms with Gasteiger partial charge in [0.05, 0.1) is 13.8 Å². The Bertz CT molecular complexity index is 906. The first kappa shape index (κ1) is 21.6. The molecule has 0 aromatic heterocycles. The van der Waals surface area contributed by atoms with Crippen LogP contribution in [0.4, 0.5) is 9.18 Å². The maximum Gasteiger partial charge on any atom is 0.326 e. The number of imide groups is 1. The van der Waals surface area contributed by atoms with E-state index in [0.29, 0.717) is 24.3 Å². The topological polar surface area (TPSA) is 71.1 Å². The van der Waals surface area contributed by atoms with Crippen molar-refractivity contribution < 1.29 is 23.5 Å². The molecule has 3 amide bonds. The second kappa shape index (κ2) is 9.13. The Morgan fingerprint density at radius 3 is 2.47 bits per heavy atom. The number of carbonyl (C=O) groups is 2. The van der Waals surface area contributed by atoms with E-state index >= 15 is 0 Å². The van der Waals surface area contributed by atoms with Gasteiger partial charge in [-0.25, -0.2) is 14.1 Å². The molecule has 2 aromatic rings. The number of amides is 3. The van der Waals surface area contributed by atoms with Gasteiger partial charge in [0.15, 0.2) is 11.6 Å². The maximum absolute atomic E-state index is 13.6. The number of methoxy groups -OCH3 is 1. The highest BCUT2D eigenvalue weighted by Gasteiger charge is 2.51. The number of nitrogens with one attached hydrogen (secondary N) is 1. The van der Waals surface area contributed by atoms with Gasteiger partial charge in [-0.05, 0) is 43.3 Å². The lowest BCUT2D eigenvalue weighted by atomic mass is 9.87. The molecule has 1 fully saturated rings. The van der Waals surface area contributed by atoms with E-state index in [-0.39, 0.29) is 24.9 Å². The van der Waals surface area contributed by atoms with Crippen molar-refractivity contribution in [3.63, 3.8) is 0 Å². The number of halogens is 1. The summed E-state index contributed by atoms with van der Waals surface area (Å²) in [5.74, 6) is 0.113. The van der Waals surface area contributed by atoms with Crippen LogP contribution in [-0.4, -0.2) is 55.7 Å². The standard InChI is InChI=1S/C22H26FN3O4/c1-4-22(16-9-11-17(29-3)12-10-16)20(27)26(21(28)24-22)15-25(2)13-14-30-19-8-6-5-7-18(19)23/h5-12H,4,13-15H2,1-3H3,(H,24,28). The first-order valence-electron chi connectivity index (χ1n) is 9.75. The van der Waals surface area contributed by atoms with Crippen molar-refractivity contribution in [3.8, 4) is 11.5 Å². The van der Waals surface area contributed by atoms with Gasteiger partial charge in [0, 0.05) is 6.54 Å². The van der Waals surface area contributed by atoms with E-state index < -0.39 is 17.4 Å². The van der Waals surface area contributed by atoms with E-state index in [1.54, 1.807) is 61.5 Å². The number of urea groups is 1. The number of hydrogen-bond acceptors (Lipinski definition) is 5. The zero-order valence-corrected chi connectivity index (χ0v) is 17.4. The van der Waals surface area contributed by atoms with Crippen LogP contribution in [0.15, 0.2) is 48.5 Å². The molecule has 1 N–H and O–H groups in total. The van der Waals surface area contributed by atoms with Crippen molar-refractivity contribution in [2.75, 3.05) is 34.0 Å². The Morgan fingerprint density at radius 2 is 1.83 bits per heavy atom. The zero-order chi connectivity index (χ0) is 21.7. The van der Waals surface area contributed by atoms with Gasteiger partial charge in [0.25, 0.3) is 5.91 Å². The van der Waals surface area contributed by atoms with Crippen LogP contribution in [0.1, 0.15) is 18.9 Å². The summed E-state index contributed by atoms with van der Waals surface area (Å²) in [7, 11) is 3.34. The summed E-state index contributed by atoms with van der Waals surface area (Å²) in [6.45, 7) is 2.59. The lowest BCUT2D eigenvalue weighted by Crippen LogP contribution is -2.45. The number of rotatable bonds is 9. The summed E-state index contributed by atoms with van der Waals surface area (Å²) in [5.41, 5.74) is -0.398. The van der Waals surface area contributed by atoms with Crippen molar-refractivity contribution in [2.24, 2.45) is 0 Å². The lowest BCUT2D eigenvalue weighted by Gasteiger charge is -2.27. The highest BCUT2D eigenvalue weighted by molar-refractivity contribution is 6.07. The van der Waals surface area contributed by atoms with Gasteiger partial charge >= 0.3 is 6.03 Å². The van der Waals surface area contributed by atoms with Crippen molar-refractivity contribution in [2.45, 2.75) is 18.9 Å². The molecule has 0 spiro atoms. The number of carbonyl (C=O) groups excluding carboxylic acids is 2. The second-order valence-electron chi connectivity index (χ2n) is 7.15. The van der Waals surface area contributed by atoms with Gasteiger partial charge in [-0.2, -0.15) is 0 Å². The summed E-state index contributed by atoms with van der Waals surface area (Å²) in [6.07, 6.45) is 0.417. The Kier molecular flexibility index (Phi) is 6.56. The molecule has 8 heteroatoms. The zero-order valence-electron chi connectivity index (χ0n) is 17.4. The predicted molar refractivity (Wildman–Crippen MR) is 110 cm³/mol. The van der Waals surface area contributed by atoms with Gasteiger partial charge in [0.2, 0.25) is 0 Å². The van der Waals surface area contributed by atoms with Crippen LogP contribution in [0.25, 0.3) is 0 Å². The SMILES string of the molecule is CCC1(c2ccc(OC)cc2)NC(=O)N(CN(C)CCOc2ccccc2F)C1=O. The maximum atomic E-state index is 13.6. The van der Waals surface area contributed by atoms with E-state index in [4.69, 9.17) is 9.47 Å². The molecule has 1 atom stereocenters. The largest absolute Gasteiger partial charge is 0.497 e. The van der Waals surface area contributed by atoms with Crippen molar-refractivity contribution in [1.82, 2.24) is 15.1 Å². The monoisotopic (exact) mass is 415 g/mol. The quantitative estimate of drug-likeness (QED) is 0.638. The van der Waals surface area contributed by atoms with E-state index in [2.05, 4.69) is 5.32 Å². The van der Waals surface area contributed by atoms with Gasteiger partial charge in [-0.15, -0.1) is 0 Å². The van der Waals surface area contributed by atoms with Gasteiger partial charge < -0.3 is 14.8 Å². The fourth-order valence-electron chi connectivity index (χ4n) is 3.45. The van der Waals surface area contributed by atoms with E-state index in [1.165, 1.54) is 11.0 Å².